The maximum absolute atomic E-state index is 12.0. The number of aryl methyl sites for hydroxylation is 1. The zero-order valence-electron chi connectivity index (χ0n) is 11.3. The Bertz CT molecular complexity index is 523. The number of benzene rings is 1. The van der Waals surface area contributed by atoms with E-state index in [0.29, 0.717) is 6.54 Å². The number of hydrogen-bond donors (Lipinski definition) is 1. The lowest BCUT2D eigenvalue weighted by Gasteiger charge is -2.09. The van der Waals surface area contributed by atoms with E-state index < -0.39 is 6.36 Å². The molecule has 0 saturated heterocycles. The summed E-state index contributed by atoms with van der Waals surface area (Å²) in [6.07, 6.45) is -0.0827. The molecule has 7 heteroatoms. The van der Waals surface area contributed by atoms with Gasteiger partial charge in [-0.25, -0.2) is 0 Å². The molecule has 0 atom stereocenters. The van der Waals surface area contributed by atoms with Crippen LogP contribution in [0.4, 0.5) is 13.2 Å². The molecule has 1 N–H and O–H groups in total. The highest BCUT2D eigenvalue weighted by Gasteiger charge is 2.30. The van der Waals surface area contributed by atoms with E-state index in [4.69, 9.17) is 0 Å². The molecule has 0 saturated carbocycles. The van der Waals surface area contributed by atoms with Gasteiger partial charge in [0.05, 0.1) is 0 Å². The standard InChI is InChI=1S/C14H16F3N3O/c15-14(16,17)21-13-5-3-12(4-6-13)11-18-7-1-9-20-10-2-8-19-20/h2-6,8,10,18H,1,7,9,11H2. The highest BCUT2D eigenvalue weighted by atomic mass is 19.4. The number of nitrogens with zero attached hydrogens (tertiary/aromatic N) is 2. The lowest BCUT2D eigenvalue weighted by Crippen LogP contribution is -2.18. The van der Waals surface area contributed by atoms with Crippen LogP contribution in [0.2, 0.25) is 0 Å². The highest BCUT2D eigenvalue weighted by molar-refractivity contribution is 5.27. The second-order valence-corrected chi connectivity index (χ2v) is 4.49. The first-order chi connectivity index (χ1) is 10.0. The molecule has 0 radical (unpaired) electrons. The maximum atomic E-state index is 12.0. The molecule has 0 bridgehead atoms. The molecule has 1 heterocycles. The van der Waals surface area contributed by atoms with Crippen molar-refractivity contribution in [3.8, 4) is 5.75 Å². The predicted octanol–water partition coefficient (Wildman–Crippen LogP) is 2.96. The van der Waals surface area contributed by atoms with E-state index >= 15 is 0 Å². The quantitative estimate of drug-likeness (QED) is 0.799. The molecule has 4 nitrogen and oxygen atoms in total. The first-order valence-electron chi connectivity index (χ1n) is 6.56. The monoisotopic (exact) mass is 299 g/mol. The topological polar surface area (TPSA) is 39.1 Å². The van der Waals surface area contributed by atoms with Crippen LogP contribution in [-0.4, -0.2) is 22.7 Å². The van der Waals surface area contributed by atoms with Gasteiger partial charge in [-0.2, -0.15) is 5.10 Å². The Labute approximate surface area is 120 Å². The van der Waals surface area contributed by atoms with Crippen LogP contribution >= 0.6 is 0 Å². The summed E-state index contributed by atoms with van der Waals surface area (Å²) in [6.45, 7) is 2.24. The van der Waals surface area contributed by atoms with E-state index in [2.05, 4.69) is 15.2 Å². The van der Waals surface area contributed by atoms with Crippen molar-refractivity contribution in [2.45, 2.75) is 25.9 Å². The van der Waals surface area contributed by atoms with Gasteiger partial charge in [-0.15, -0.1) is 13.2 Å². The van der Waals surface area contributed by atoms with Gasteiger partial charge in [0.1, 0.15) is 5.75 Å². The van der Waals surface area contributed by atoms with Crippen molar-refractivity contribution >= 4 is 0 Å². The average molecular weight is 299 g/mol. The minimum atomic E-state index is -4.65. The third kappa shape index (κ3) is 5.86. The van der Waals surface area contributed by atoms with E-state index in [1.54, 1.807) is 18.3 Å². The van der Waals surface area contributed by atoms with E-state index in [1.165, 1.54) is 12.1 Å². The molecule has 114 valence electrons. The second kappa shape index (κ2) is 7.12. The smallest absolute Gasteiger partial charge is 0.406 e. The average Bonchev–Trinajstić information content (AvgIpc) is 2.92. The summed E-state index contributed by atoms with van der Waals surface area (Å²) in [5, 5.41) is 7.32. The van der Waals surface area contributed by atoms with Crippen LogP contribution in [0.5, 0.6) is 5.75 Å². The summed E-state index contributed by atoms with van der Waals surface area (Å²) in [5.74, 6) is -0.204. The van der Waals surface area contributed by atoms with Gasteiger partial charge < -0.3 is 10.1 Å². The molecule has 0 fully saturated rings. The molecule has 0 aliphatic heterocycles. The van der Waals surface area contributed by atoms with Gasteiger partial charge in [0.2, 0.25) is 0 Å². The Morgan fingerprint density at radius 3 is 2.57 bits per heavy atom. The highest BCUT2D eigenvalue weighted by Crippen LogP contribution is 2.22. The van der Waals surface area contributed by atoms with Gasteiger partial charge in [-0.3, -0.25) is 4.68 Å². The molecule has 2 rings (SSSR count). The predicted molar refractivity (Wildman–Crippen MR) is 71.7 cm³/mol. The molecular weight excluding hydrogens is 283 g/mol. The Balaban J connectivity index is 1.66. The second-order valence-electron chi connectivity index (χ2n) is 4.49. The molecule has 0 aliphatic carbocycles. The molecule has 21 heavy (non-hydrogen) atoms. The molecule has 0 unspecified atom stereocenters. The zero-order chi connectivity index (χ0) is 15.1. The number of hydrogen-bond acceptors (Lipinski definition) is 3. The fraction of sp³-hybridized carbons (Fsp3) is 0.357. The molecular formula is C14H16F3N3O. The van der Waals surface area contributed by atoms with Gasteiger partial charge in [-0.1, -0.05) is 12.1 Å². The SMILES string of the molecule is FC(F)(F)Oc1ccc(CNCCCn2cccn2)cc1. The van der Waals surface area contributed by atoms with Crippen molar-refractivity contribution in [2.75, 3.05) is 6.54 Å². The molecule has 1 aromatic carbocycles. The minimum Gasteiger partial charge on any atom is -0.406 e. The molecule has 0 spiro atoms. The summed E-state index contributed by atoms with van der Waals surface area (Å²) in [6, 6.07) is 7.73. The van der Waals surface area contributed by atoms with Crippen LogP contribution in [0, 0.1) is 0 Å². The van der Waals surface area contributed by atoms with Crippen LogP contribution in [0.15, 0.2) is 42.7 Å². The van der Waals surface area contributed by atoms with Crippen LogP contribution in [0.25, 0.3) is 0 Å². The lowest BCUT2D eigenvalue weighted by molar-refractivity contribution is -0.274. The van der Waals surface area contributed by atoms with Crippen LogP contribution in [-0.2, 0) is 13.1 Å². The Hall–Kier alpha value is -2.02. The van der Waals surface area contributed by atoms with Crippen molar-refractivity contribution in [2.24, 2.45) is 0 Å². The van der Waals surface area contributed by atoms with Gasteiger partial charge >= 0.3 is 6.36 Å². The number of nitrogens with one attached hydrogen (secondary N) is 1. The largest absolute Gasteiger partial charge is 0.573 e. The third-order valence-electron chi connectivity index (χ3n) is 2.79. The normalized spacial score (nSPS) is 11.6. The molecule has 2 aromatic rings. The van der Waals surface area contributed by atoms with Gasteiger partial charge in [-0.05, 0) is 36.7 Å². The van der Waals surface area contributed by atoms with E-state index in [9.17, 15) is 13.2 Å². The van der Waals surface area contributed by atoms with Gasteiger partial charge in [0, 0.05) is 25.5 Å². The van der Waals surface area contributed by atoms with E-state index in [0.717, 1.165) is 25.1 Å². The number of rotatable bonds is 7. The summed E-state index contributed by atoms with van der Waals surface area (Å²) in [5.41, 5.74) is 0.906. The number of halogens is 3. The zero-order valence-corrected chi connectivity index (χ0v) is 11.3. The van der Waals surface area contributed by atoms with Crippen LogP contribution in [0.3, 0.4) is 0 Å². The lowest BCUT2D eigenvalue weighted by atomic mass is 10.2. The van der Waals surface area contributed by atoms with Crippen molar-refractivity contribution in [3.05, 3.63) is 48.3 Å². The number of ether oxygens (including phenoxy) is 1. The Morgan fingerprint density at radius 1 is 1.19 bits per heavy atom. The number of alkyl halides is 3. The van der Waals surface area contributed by atoms with Crippen LogP contribution in [0.1, 0.15) is 12.0 Å². The molecule has 1 aromatic heterocycles. The third-order valence-corrected chi connectivity index (χ3v) is 2.79. The Morgan fingerprint density at radius 2 is 1.95 bits per heavy atom. The minimum absolute atomic E-state index is 0.204. The fourth-order valence-electron chi connectivity index (χ4n) is 1.84. The summed E-state index contributed by atoms with van der Waals surface area (Å²) in [7, 11) is 0. The summed E-state index contributed by atoms with van der Waals surface area (Å²) in [4.78, 5) is 0. The van der Waals surface area contributed by atoms with Gasteiger partial charge in [0.15, 0.2) is 0 Å². The van der Waals surface area contributed by atoms with Crippen molar-refractivity contribution in [1.29, 1.82) is 0 Å². The van der Waals surface area contributed by atoms with Crippen LogP contribution < -0.4 is 10.1 Å². The van der Waals surface area contributed by atoms with Crippen molar-refractivity contribution in [3.63, 3.8) is 0 Å². The number of aromatic nitrogens is 2. The van der Waals surface area contributed by atoms with E-state index in [1.807, 2.05) is 16.9 Å². The van der Waals surface area contributed by atoms with Crippen molar-refractivity contribution < 1.29 is 17.9 Å². The summed E-state index contributed by atoms with van der Waals surface area (Å²) >= 11 is 0. The molecule has 0 aliphatic rings. The molecule has 0 amide bonds. The fourth-order valence-corrected chi connectivity index (χ4v) is 1.84. The Kier molecular flexibility index (Phi) is 5.21. The first kappa shape index (κ1) is 15.4. The maximum Gasteiger partial charge on any atom is 0.573 e. The first-order valence-corrected chi connectivity index (χ1v) is 6.56. The van der Waals surface area contributed by atoms with E-state index in [-0.39, 0.29) is 5.75 Å². The van der Waals surface area contributed by atoms with Gasteiger partial charge in [0.25, 0.3) is 0 Å². The summed E-state index contributed by atoms with van der Waals surface area (Å²) < 4.78 is 41.7. The van der Waals surface area contributed by atoms with Crippen molar-refractivity contribution in [1.82, 2.24) is 15.1 Å².